The Morgan fingerprint density at radius 3 is 2.88 bits per heavy atom. The van der Waals surface area contributed by atoms with Gasteiger partial charge in [-0.05, 0) is 4.53 Å². The minimum atomic E-state index is -1.48. The Balaban J connectivity index is 2.01. The first-order valence-corrected chi connectivity index (χ1v) is 7.86. The molecule has 12 heteroatoms. The third kappa shape index (κ3) is 3.07. The van der Waals surface area contributed by atoms with Crippen molar-refractivity contribution in [2.45, 2.75) is 38.4 Å². The predicted octanol–water partition coefficient (Wildman–Crippen LogP) is -0.766. The number of H-pyrrole nitrogens is 1. The van der Waals surface area contributed by atoms with Gasteiger partial charge in [-0.1, -0.05) is 13.8 Å². The summed E-state index contributed by atoms with van der Waals surface area (Å²) in [4.78, 5) is 38.1. The van der Waals surface area contributed by atoms with Crippen LogP contribution in [0, 0.1) is 5.92 Å². The van der Waals surface area contributed by atoms with E-state index in [9.17, 15) is 24.3 Å². The number of aliphatic hydroxyl groups excluding tert-OH is 2. The van der Waals surface area contributed by atoms with Crippen LogP contribution in [0.25, 0.3) is 11.2 Å². The Kier molecular flexibility index (Phi) is 5.00. The lowest BCUT2D eigenvalue weighted by molar-refractivity contribution is -0.214. The van der Waals surface area contributed by atoms with Crippen LogP contribution < -0.4 is 10.9 Å². The number of nitrogens with one attached hydrogen (secondary N) is 2. The van der Waals surface area contributed by atoms with Crippen LogP contribution in [0.15, 0.2) is 11.1 Å². The molecule has 0 saturated carbocycles. The van der Waals surface area contributed by atoms with Gasteiger partial charge >= 0.3 is 0 Å². The molecule has 0 aliphatic carbocycles. The number of hydrogen-bond donors (Lipinski definition) is 4. The van der Waals surface area contributed by atoms with Crippen LogP contribution in [0.4, 0.5) is 10.5 Å². The van der Waals surface area contributed by atoms with Gasteiger partial charge in [-0.2, -0.15) is 9.93 Å². The summed E-state index contributed by atoms with van der Waals surface area (Å²) in [5, 5.41) is 21.9. The molecule has 0 radical (unpaired) electrons. The highest BCUT2D eigenvalue weighted by molar-refractivity contribution is 5.91. The maximum atomic E-state index is 12.7. The maximum Gasteiger partial charge on any atom is 0.280 e. The normalized spacial score (nSPS) is 25.9. The SMILES string of the molecule is CC(C)C(=O)Nc1nc2c(ncn2[C@@H]2O[C@H](CO)[C@@H](OF)[C@H]2O)c(=O)[nH]1. The highest BCUT2D eigenvalue weighted by Gasteiger charge is 2.46. The number of ether oxygens (including phenoxy) is 1. The molecule has 2 aromatic rings. The van der Waals surface area contributed by atoms with Gasteiger partial charge in [0.15, 0.2) is 23.5 Å². The van der Waals surface area contributed by atoms with Crippen molar-refractivity contribution in [1.82, 2.24) is 19.5 Å². The van der Waals surface area contributed by atoms with E-state index in [2.05, 4.69) is 25.2 Å². The fourth-order valence-corrected chi connectivity index (χ4v) is 2.64. The minimum Gasteiger partial charge on any atom is -0.394 e. The zero-order chi connectivity index (χ0) is 19.0. The summed E-state index contributed by atoms with van der Waals surface area (Å²) in [6.07, 6.45) is -4.02. The van der Waals surface area contributed by atoms with Crippen LogP contribution in [0.2, 0.25) is 0 Å². The third-order valence-corrected chi connectivity index (χ3v) is 4.06. The van der Waals surface area contributed by atoms with Crippen molar-refractivity contribution in [3.8, 4) is 0 Å². The third-order valence-electron chi connectivity index (χ3n) is 4.06. The quantitative estimate of drug-likeness (QED) is 0.535. The van der Waals surface area contributed by atoms with Gasteiger partial charge < -0.3 is 14.9 Å². The number of fused-ring (bicyclic) bond motifs is 1. The molecule has 1 saturated heterocycles. The summed E-state index contributed by atoms with van der Waals surface area (Å²) in [5.74, 6) is -0.803. The van der Waals surface area contributed by atoms with E-state index in [0.29, 0.717) is 0 Å². The average Bonchev–Trinajstić information content (AvgIpc) is 3.15. The molecule has 1 aliphatic heterocycles. The van der Waals surface area contributed by atoms with Crippen molar-refractivity contribution >= 4 is 23.0 Å². The van der Waals surface area contributed by atoms with Crippen LogP contribution in [0.1, 0.15) is 20.1 Å². The molecule has 11 nitrogen and oxygen atoms in total. The molecular weight excluding hydrogens is 353 g/mol. The Bertz CT molecular complexity index is 867. The van der Waals surface area contributed by atoms with Gasteiger partial charge in [-0.25, -0.2) is 4.98 Å². The smallest absolute Gasteiger partial charge is 0.280 e. The van der Waals surface area contributed by atoms with Crippen molar-refractivity contribution < 1.29 is 29.2 Å². The first-order chi connectivity index (χ1) is 12.4. The number of anilines is 1. The minimum absolute atomic E-state index is 0.00746. The van der Waals surface area contributed by atoms with Gasteiger partial charge in [0, 0.05) is 5.92 Å². The molecule has 1 aliphatic rings. The Labute approximate surface area is 145 Å². The molecule has 0 unspecified atom stereocenters. The molecule has 0 spiro atoms. The summed E-state index contributed by atoms with van der Waals surface area (Å²) in [6, 6.07) is 0. The molecule has 0 aromatic carbocycles. The number of nitrogens with zero attached hydrogens (tertiary/aromatic N) is 3. The van der Waals surface area contributed by atoms with Gasteiger partial charge in [-0.15, -0.1) is 0 Å². The van der Waals surface area contributed by atoms with E-state index in [1.54, 1.807) is 13.8 Å². The fraction of sp³-hybridized carbons (Fsp3) is 0.571. The molecule has 1 amide bonds. The van der Waals surface area contributed by atoms with Gasteiger partial charge in [0.05, 0.1) is 12.9 Å². The first-order valence-electron chi connectivity index (χ1n) is 7.86. The Morgan fingerprint density at radius 2 is 2.31 bits per heavy atom. The molecule has 3 heterocycles. The van der Waals surface area contributed by atoms with E-state index < -0.39 is 36.7 Å². The number of hydrogen-bond acceptors (Lipinski definition) is 8. The molecule has 1 fully saturated rings. The second-order valence-corrected chi connectivity index (χ2v) is 6.17. The highest BCUT2D eigenvalue weighted by atomic mass is 19.3. The Hall–Kier alpha value is -2.41. The summed E-state index contributed by atoms with van der Waals surface area (Å²) in [7, 11) is 0. The van der Waals surface area contributed by atoms with Crippen molar-refractivity contribution in [3.05, 3.63) is 16.7 Å². The molecule has 3 rings (SSSR count). The van der Waals surface area contributed by atoms with Crippen molar-refractivity contribution in [2.75, 3.05) is 11.9 Å². The second kappa shape index (κ2) is 7.07. The monoisotopic (exact) mass is 371 g/mol. The zero-order valence-electron chi connectivity index (χ0n) is 13.9. The number of amides is 1. The van der Waals surface area contributed by atoms with Gasteiger partial charge in [0.2, 0.25) is 11.9 Å². The van der Waals surface area contributed by atoms with Gasteiger partial charge in [-0.3, -0.25) is 24.5 Å². The van der Waals surface area contributed by atoms with Crippen LogP contribution in [0.3, 0.4) is 0 Å². The maximum absolute atomic E-state index is 12.7. The van der Waals surface area contributed by atoms with Crippen LogP contribution in [-0.4, -0.2) is 60.6 Å². The molecule has 4 atom stereocenters. The fourth-order valence-electron chi connectivity index (χ4n) is 2.64. The predicted molar refractivity (Wildman–Crippen MR) is 84.6 cm³/mol. The van der Waals surface area contributed by atoms with Gasteiger partial charge in [0.1, 0.15) is 12.2 Å². The summed E-state index contributed by atoms with van der Waals surface area (Å²) >= 11 is 0. The molecule has 26 heavy (non-hydrogen) atoms. The van der Waals surface area contributed by atoms with Crippen molar-refractivity contribution in [3.63, 3.8) is 0 Å². The topological polar surface area (TPSA) is 152 Å². The lowest BCUT2D eigenvalue weighted by Crippen LogP contribution is -2.34. The van der Waals surface area contributed by atoms with E-state index >= 15 is 0 Å². The van der Waals surface area contributed by atoms with E-state index in [-0.39, 0.29) is 28.9 Å². The first kappa shape index (κ1) is 18.4. The molecule has 2 aromatic heterocycles. The van der Waals surface area contributed by atoms with E-state index in [1.807, 2.05) is 0 Å². The number of carbonyl (C=O) groups excluding carboxylic acids is 1. The van der Waals surface area contributed by atoms with E-state index in [0.717, 1.165) is 0 Å². The number of aliphatic hydroxyl groups is 2. The number of carbonyl (C=O) groups is 1. The highest BCUT2D eigenvalue weighted by Crippen LogP contribution is 2.32. The number of rotatable bonds is 5. The van der Waals surface area contributed by atoms with Gasteiger partial charge in [0.25, 0.3) is 5.56 Å². The second-order valence-electron chi connectivity index (χ2n) is 6.17. The number of aromatic nitrogens is 4. The summed E-state index contributed by atoms with van der Waals surface area (Å²) < 4.78 is 19.3. The number of aromatic amines is 1. The van der Waals surface area contributed by atoms with Crippen LogP contribution >= 0.6 is 0 Å². The summed E-state index contributed by atoms with van der Waals surface area (Å²) in [6.45, 7) is 2.76. The van der Waals surface area contributed by atoms with Crippen molar-refractivity contribution in [1.29, 1.82) is 0 Å². The lowest BCUT2D eigenvalue weighted by Gasteiger charge is -2.16. The van der Waals surface area contributed by atoms with E-state index in [1.165, 1.54) is 10.9 Å². The average molecular weight is 371 g/mol. The Morgan fingerprint density at radius 1 is 1.58 bits per heavy atom. The van der Waals surface area contributed by atoms with Crippen LogP contribution in [-0.2, 0) is 14.5 Å². The summed E-state index contributed by atoms with van der Waals surface area (Å²) in [5.41, 5.74) is -0.668. The standard InChI is InChI=1S/C14H18FN5O6/c1-5(2)11(23)18-14-17-10-7(12(24)19-14)16-4-20(10)13-8(22)9(26-15)6(3-21)25-13/h4-6,8-9,13,21-22H,3H2,1-2H3,(H2,17,18,19,23,24)/t6-,8-,9-,13-/m1/s1. The molecule has 0 bridgehead atoms. The molecule has 142 valence electrons. The molecule has 4 N–H and O–H groups in total. The lowest BCUT2D eigenvalue weighted by atomic mass is 10.1. The zero-order valence-corrected chi connectivity index (χ0v) is 13.9. The van der Waals surface area contributed by atoms with Crippen molar-refractivity contribution in [2.24, 2.45) is 5.92 Å². The number of imidazole rings is 1. The number of halogens is 1. The molecular formula is C14H18FN5O6. The largest absolute Gasteiger partial charge is 0.394 e. The van der Waals surface area contributed by atoms with Crippen LogP contribution in [0.5, 0.6) is 0 Å². The van der Waals surface area contributed by atoms with E-state index in [4.69, 9.17) is 4.74 Å².